The second-order valence-electron chi connectivity index (χ2n) is 4.20. The lowest BCUT2D eigenvalue weighted by Crippen LogP contribution is -1.97. The molecule has 2 nitrogen and oxygen atoms in total. The highest BCUT2D eigenvalue weighted by atomic mass is 79.9. The van der Waals surface area contributed by atoms with Crippen LogP contribution < -0.4 is 9.47 Å². The van der Waals surface area contributed by atoms with Crippen molar-refractivity contribution in [1.29, 1.82) is 0 Å². The van der Waals surface area contributed by atoms with E-state index in [1.165, 1.54) is 0 Å². The molecule has 0 radical (unpaired) electrons. The Morgan fingerprint density at radius 1 is 0.895 bits per heavy atom. The van der Waals surface area contributed by atoms with Gasteiger partial charge in [0.15, 0.2) is 0 Å². The predicted molar refractivity (Wildman–Crippen MR) is 80.7 cm³/mol. The second kappa shape index (κ2) is 7.19. The van der Waals surface area contributed by atoms with Gasteiger partial charge in [-0.25, -0.2) is 0 Å². The summed E-state index contributed by atoms with van der Waals surface area (Å²) in [7, 11) is 0. The summed E-state index contributed by atoms with van der Waals surface area (Å²) in [6, 6.07) is 15.8. The van der Waals surface area contributed by atoms with Crippen molar-refractivity contribution in [3.8, 4) is 11.5 Å². The lowest BCUT2D eigenvalue weighted by atomic mass is 10.2. The minimum Gasteiger partial charge on any atom is -0.494 e. The van der Waals surface area contributed by atoms with Crippen LogP contribution in [0.4, 0.5) is 0 Å². The van der Waals surface area contributed by atoms with E-state index in [1.807, 2.05) is 48.5 Å². The van der Waals surface area contributed by atoms with Crippen LogP contribution in [0.1, 0.15) is 18.9 Å². The van der Waals surface area contributed by atoms with Crippen LogP contribution in [0.5, 0.6) is 11.5 Å². The Hall–Kier alpha value is -1.48. The summed E-state index contributed by atoms with van der Waals surface area (Å²) >= 11 is 3.51. The van der Waals surface area contributed by atoms with Gasteiger partial charge in [0.25, 0.3) is 0 Å². The van der Waals surface area contributed by atoms with Crippen molar-refractivity contribution >= 4 is 15.9 Å². The van der Waals surface area contributed by atoms with Crippen LogP contribution >= 0.6 is 15.9 Å². The lowest BCUT2D eigenvalue weighted by Gasteiger charge is -2.09. The molecular weight excluding hydrogens is 304 g/mol. The highest BCUT2D eigenvalue weighted by Crippen LogP contribution is 2.21. The molecule has 2 aromatic rings. The standard InChI is InChI=1S/C16H17BrO2/c1-2-11-18-14-7-9-15(10-8-14)19-12-13-5-3-4-6-16(13)17/h3-10H,2,11-12H2,1H3. The monoisotopic (exact) mass is 320 g/mol. The minimum absolute atomic E-state index is 0.552. The molecule has 19 heavy (non-hydrogen) atoms. The molecule has 0 aromatic heterocycles. The molecule has 0 saturated carbocycles. The zero-order chi connectivity index (χ0) is 13.5. The molecule has 2 rings (SSSR count). The molecule has 0 amide bonds. The highest BCUT2D eigenvalue weighted by Gasteiger charge is 2.00. The molecule has 0 heterocycles. The van der Waals surface area contributed by atoms with E-state index in [4.69, 9.17) is 9.47 Å². The maximum atomic E-state index is 5.75. The molecule has 0 fully saturated rings. The molecule has 100 valence electrons. The molecule has 0 spiro atoms. The molecular formula is C16H17BrO2. The summed E-state index contributed by atoms with van der Waals surface area (Å²) in [6.45, 7) is 3.39. The molecule has 2 aromatic carbocycles. The Bertz CT molecular complexity index is 508. The quantitative estimate of drug-likeness (QED) is 0.759. The van der Waals surface area contributed by atoms with Gasteiger partial charge < -0.3 is 9.47 Å². The van der Waals surface area contributed by atoms with E-state index < -0.39 is 0 Å². The smallest absolute Gasteiger partial charge is 0.120 e. The Morgan fingerprint density at radius 2 is 1.53 bits per heavy atom. The zero-order valence-electron chi connectivity index (χ0n) is 10.9. The van der Waals surface area contributed by atoms with Crippen LogP contribution in [-0.2, 0) is 6.61 Å². The second-order valence-corrected chi connectivity index (χ2v) is 5.05. The zero-order valence-corrected chi connectivity index (χ0v) is 12.5. The number of rotatable bonds is 6. The van der Waals surface area contributed by atoms with Gasteiger partial charge in [-0.1, -0.05) is 41.1 Å². The van der Waals surface area contributed by atoms with E-state index in [9.17, 15) is 0 Å². The van der Waals surface area contributed by atoms with E-state index >= 15 is 0 Å². The van der Waals surface area contributed by atoms with E-state index in [0.717, 1.165) is 34.6 Å². The third-order valence-corrected chi connectivity index (χ3v) is 3.42. The van der Waals surface area contributed by atoms with Gasteiger partial charge in [-0.15, -0.1) is 0 Å². The van der Waals surface area contributed by atoms with E-state index in [0.29, 0.717) is 6.61 Å². The fraction of sp³-hybridized carbons (Fsp3) is 0.250. The van der Waals surface area contributed by atoms with Gasteiger partial charge >= 0.3 is 0 Å². The molecule has 0 atom stereocenters. The lowest BCUT2D eigenvalue weighted by molar-refractivity contribution is 0.301. The van der Waals surface area contributed by atoms with Gasteiger partial charge in [0, 0.05) is 10.0 Å². The Labute approximate surface area is 122 Å². The van der Waals surface area contributed by atoms with Gasteiger partial charge in [0.2, 0.25) is 0 Å². The van der Waals surface area contributed by atoms with Gasteiger partial charge in [0.05, 0.1) is 6.61 Å². The average Bonchev–Trinajstić information content (AvgIpc) is 2.45. The first-order chi connectivity index (χ1) is 9.29. The van der Waals surface area contributed by atoms with Crippen molar-refractivity contribution in [3.05, 3.63) is 58.6 Å². The van der Waals surface area contributed by atoms with Crippen LogP contribution in [0.15, 0.2) is 53.0 Å². The van der Waals surface area contributed by atoms with E-state index in [-0.39, 0.29) is 0 Å². The van der Waals surface area contributed by atoms with Crippen molar-refractivity contribution in [1.82, 2.24) is 0 Å². The normalized spacial score (nSPS) is 10.2. The van der Waals surface area contributed by atoms with E-state index in [2.05, 4.69) is 22.9 Å². The topological polar surface area (TPSA) is 18.5 Å². The summed E-state index contributed by atoms with van der Waals surface area (Å²) in [5, 5.41) is 0. The van der Waals surface area contributed by atoms with Gasteiger partial charge in [-0.2, -0.15) is 0 Å². The van der Waals surface area contributed by atoms with Crippen molar-refractivity contribution in [3.63, 3.8) is 0 Å². The number of ether oxygens (including phenoxy) is 2. The molecule has 0 bridgehead atoms. The Kier molecular flexibility index (Phi) is 5.28. The van der Waals surface area contributed by atoms with Gasteiger partial charge in [-0.05, 0) is 36.8 Å². The summed E-state index contributed by atoms with van der Waals surface area (Å²) in [4.78, 5) is 0. The molecule has 0 aliphatic carbocycles. The van der Waals surface area contributed by atoms with Crippen molar-refractivity contribution in [2.45, 2.75) is 20.0 Å². The molecule has 0 N–H and O–H groups in total. The van der Waals surface area contributed by atoms with Gasteiger partial charge in [-0.3, -0.25) is 0 Å². The molecule has 3 heteroatoms. The first-order valence-electron chi connectivity index (χ1n) is 6.38. The molecule has 0 aliphatic rings. The maximum absolute atomic E-state index is 5.75. The third-order valence-electron chi connectivity index (χ3n) is 2.65. The fourth-order valence-electron chi connectivity index (χ4n) is 1.63. The molecule has 0 unspecified atom stereocenters. The number of halogens is 1. The van der Waals surface area contributed by atoms with Crippen LogP contribution in [0.2, 0.25) is 0 Å². The van der Waals surface area contributed by atoms with Crippen molar-refractivity contribution < 1.29 is 9.47 Å². The van der Waals surface area contributed by atoms with Crippen LogP contribution in [0, 0.1) is 0 Å². The summed E-state index contributed by atoms with van der Waals surface area (Å²) in [6.07, 6.45) is 1.01. The average molecular weight is 321 g/mol. The first-order valence-corrected chi connectivity index (χ1v) is 7.18. The fourth-order valence-corrected chi connectivity index (χ4v) is 2.03. The largest absolute Gasteiger partial charge is 0.494 e. The predicted octanol–water partition coefficient (Wildman–Crippen LogP) is 4.82. The summed E-state index contributed by atoms with van der Waals surface area (Å²) < 4.78 is 12.3. The van der Waals surface area contributed by atoms with Crippen molar-refractivity contribution in [2.24, 2.45) is 0 Å². The van der Waals surface area contributed by atoms with Crippen LogP contribution in [0.25, 0.3) is 0 Å². The molecule has 0 saturated heterocycles. The Morgan fingerprint density at radius 3 is 2.16 bits per heavy atom. The van der Waals surface area contributed by atoms with Crippen molar-refractivity contribution in [2.75, 3.05) is 6.61 Å². The summed E-state index contributed by atoms with van der Waals surface area (Å²) in [5.74, 6) is 1.73. The van der Waals surface area contributed by atoms with Crippen LogP contribution in [0.3, 0.4) is 0 Å². The molecule has 0 aliphatic heterocycles. The third kappa shape index (κ3) is 4.28. The SMILES string of the molecule is CCCOc1ccc(OCc2ccccc2Br)cc1. The minimum atomic E-state index is 0.552. The van der Waals surface area contributed by atoms with Crippen LogP contribution in [-0.4, -0.2) is 6.61 Å². The number of benzene rings is 2. The van der Waals surface area contributed by atoms with Gasteiger partial charge in [0.1, 0.15) is 18.1 Å². The first kappa shape index (κ1) is 13.9. The summed E-state index contributed by atoms with van der Waals surface area (Å²) in [5.41, 5.74) is 1.13. The maximum Gasteiger partial charge on any atom is 0.120 e. The van der Waals surface area contributed by atoms with E-state index in [1.54, 1.807) is 0 Å². The number of hydrogen-bond acceptors (Lipinski definition) is 2. The number of hydrogen-bond donors (Lipinski definition) is 0. The highest BCUT2D eigenvalue weighted by molar-refractivity contribution is 9.10. The Balaban J connectivity index is 1.91.